The number of hydrogen-bond acceptors (Lipinski definition) is 2. The normalized spacial score (nSPS) is 17.7. The molecule has 0 N–H and O–H groups in total. The first kappa shape index (κ1) is 18.4. The molecule has 1 aromatic rings. The molecule has 2 rings (SSSR count). The molecule has 0 unspecified atom stereocenters. The Balaban J connectivity index is 1.87. The van der Waals surface area contributed by atoms with Gasteiger partial charge in [-0.3, -0.25) is 4.79 Å². The lowest BCUT2D eigenvalue weighted by Crippen LogP contribution is -2.30. The molecule has 0 aromatic heterocycles. The van der Waals surface area contributed by atoms with Gasteiger partial charge < -0.3 is 4.90 Å². The number of hydrogen-bond donors (Lipinski definition) is 0. The zero-order chi connectivity index (χ0) is 16.7. The van der Waals surface area contributed by atoms with Crippen LogP contribution in [-0.2, 0) is 4.79 Å². The quantitative estimate of drug-likeness (QED) is 0.575. The molecule has 0 radical (unpaired) electrons. The van der Waals surface area contributed by atoms with Crippen LogP contribution in [0.25, 0.3) is 0 Å². The maximum atomic E-state index is 12.6. The Hall–Kier alpha value is -0.960. The van der Waals surface area contributed by atoms with Gasteiger partial charge in [-0.1, -0.05) is 62.8 Å². The highest BCUT2D eigenvalue weighted by molar-refractivity contribution is 7.99. The van der Waals surface area contributed by atoms with Gasteiger partial charge in [-0.05, 0) is 31.4 Å². The molecule has 1 atom stereocenters. The van der Waals surface area contributed by atoms with Crippen LogP contribution in [0.3, 0.4) is 0 Å². The van der Waals surface area contributed by atoms with E-state index in [1.165, 1.54) is 48.8 Å². The lowest BCUT2D eigenvalue weighted by atomic mass is 10.0. The first-order chi connectivity index (χ1) is 11.1. The van der Waals surface area contributed by atoms with Crippen molar-refractivity contribution in [2.24, 2.45) is 0 Å². The number of carbonyl (C=O) groups excluding carboxylic acids is 1. The summed E-state index contributed by atoms with van der Waals surface area (Å²) in [5.41, 5.74) is 3.91. The van der Waals surface area contributed by atoms with Crippen molar-refractivity contribution >= 4 is 17.7 Å². The van der Waals surface area contributed by atoms with Gasteiger partial charge in [-0.25, -0.2) is 0 Å². The fraction of sp³-hybridized carbons (Fsp3) is 0.650. The number of aryl methyl sites for hydroxylation is 2. The third kappa shape index (κ3) is 5.27. The van der Waals surface area contributed by atoms with Crippen LogP contribution >= 0.6 is 11.8 Å². The zero-order valence-electron chi connectivity index (χ0n) is 14.9. The van der Waals surface area contributed by atoms with Gasteiger partial charge in [0.15, 0.2) is 0 Å². The molecule has 0 aliphatic carbocycles. The van der Waals surface area contributed by atoms with E-state index in [2.05, 4.69) is 43.9 Å². The molecule has 1 amide bonds. The molecule has 1 aliphatic rings. The molecule has 3 heteroatoms. The monoisotopic (exact) mass is 333 g/mol. The minimum absolute atomic E-state index is 0.225. The van der Waals surface area contributed by atoms with Crippen molar-refractivity contribution in [3.05, 3.63) is 34.9 Å². The van der Waals surface area contributed by atoms with Crippen molar-refractivity contribution in [2.75, 3.05) is 12.3 Å². The number of thioether (sulfide) groups is 1. The van der Waals surface area contributed by atoms with Gasteiger partial charge in [-0.15, -0.1) is 11.8 Å². The molecular formula is C20H31NOS. The van der Waals surface area contributed by atoms with Gasteiger partial charge in [0.1, 0.15) is 5.37 Å². The van der Waals surface area contributed by atoms with Crippen molar-refractivity contribution in [2.45, 2.75) is 71.1 Å². The third-order valence-corrected chi connectivity index (χ3v) is 5.89. The van der Waals surface area contributed by atoms with Crippen molar-refractivity contribution in [1.29, 1.82) is 0 Å². The van der Waals surface area contributed by atoms with Gasteiger partial charge in [0.05, 0.1) is 0 Å². The first-order valence-electron chi connectivity index (χ1n) is 9.11. The van der Waals surface area contributed by atoms with Crippen LogP contribution in [0.2, 0.25) is 0 Å². The molecule has 0 saturated carbocycles. The summed E-state index contributed by atoms with van der Waals surface area (Å²) < 4.78 is 0. The van der Waals surface area contributed by atoms with Gasteiger partial charge >= 0.3 is 0 Å². The maximum Gasteiger partial charge on any atom is 0.223 e. The first-order valence-corrected chi connectivity index (χ1v) is 10.2. The van der Waals surface area contributed by atoms with E-state index in [9.17, 15) is 4.79 Å². The third-order valence-electron chi connectivity index (χ3n) is 4.65. The second kappa shape index (κ2) is 9.36. The molecule has 0 spiro atoms. The minimum atomic E-state index is 0.225. The van der Waals surface area contributed by atoms with Crippen LogP contribution in [0, 0.1) is 13.8 Å². The summed E-state index contributed by atoms with van der Waals surface area (Å²) in [5, 5.41) is 0.225. The van der Waals surface area contributed by atoms with Crippen molar-refractivity contribution < 1.29 is 4.79 Å². The van der Waals surface area contributed by atoms with Crippen molar-refractivity contribution in [3.63, 3.8) is 0 Å². The van der Waals surface area contributed by atoms with Crippen LogP contribution in [-0.4, -0.2) is 23.1 Å². The predicted molar refractivity (Wildman–Crippen MR) is 101 cm³/mol. The van der Waals surface area contributed by atoms with Crippen LogP contribution in [0.1, 0.15) is 73.9 Å². The Morgan fingerprint density at radius 3 is 2.65 bits per heavy atom. The second-order valence-electron chi connectivity index (χ2n) is 6.69. The smallest absolute Gasteiger partial charge is 0.223 e. The van der Waals surface area contributed by atoms with Crippen LogP contribution in [0.5, 0.6) is 0 Å². The number of amides is 1. The zero-order valence-corrected chi connectivity index (χ0v) is 15.8. The highest BCUT2D eigenvalue weighted by atomic mass is 32.2. The molecule has 1 aromatic carbocycles. The summed E-state index contributed by atoms with van der Waals surface area (Å²) in [4.78, 5) is 14.7. The van der Waals surface area contributed by atoms with Crippen molar-refractivity contribution in [3.8, 4) is 0 Å². The molecule has 23 heavy (non-hydrogen) atoms. The largest absolute Gasteiger partial charge is 0.326 e. The molecule has 1 aliphatic heterocycles. The lowest BCUT2D eigenvalue weighted by Gasteiger charge is -2.25. The summed E-state index contributed by atoms with van der Waals surface area (Å²) in [5.74, 6) is 1.40. The summed E-state index contributed by atoms with van der Waals surface area (Å²) in [6.07, 6.45) is 8.15. The van der Waals surface area contributed by atoms with E-state index in [1.54, 1.807) is 0 Å². The molecule has 0 bridgehead atoms. The SMILES string of the molecule is CCCCCCCCC(=O)N1CCS[C@H]1c1ccc(C)cc1C. The van der Waals surface area contributed by atoms with E-state index in [-0.39, 0.29) is 5.37 Å². The summed E-state index contributed by atoms with van der Waals surface area (Å²) in [6.45, 7) is 7.43. The van der Waals surface area contributed by atoms with Crippen molar-refractivity contribution in [1.82, 2.24) is 4.90 Å². The van der Waals surface area contributed by atoms with Gasteiger partial charge in [0, 0.05) is 18.7 Å². The van der Waals surface area contributed by atoms with Gasteiger partial charge in [-0.2, -0.15) is 0 Å². The molecule has 1 fully saturated rings. The highest BCUT2D eigenvalue weighted by Gasteiger charge is 2.30. The van der Waals surface area contributed by atoms with Crippen LogP contribution in [0.4, 0.5) is 0 Å². The van der Waals surface area contributed by atoms with Gasteiger partial charge in [0.25, 0.3) is 0 Å². The number of nitrogens with zero attached hydrogens (tertiary/aromatic N) is 1. The average molecular weight is 334 g/mol. The number of carbonyl (C=O) groups is 1. The predicted octanol–water partition coefficient (Wildman–Crippen LogP) is 5.63. The fourth-order valence-electron chi connectivity index (χ4n) is 3.29. The Labute approximate surface area is 146 Å². The summed E-state index contributed by atoms with van der Waals surface area (Å²) in [7, 11) is 0. The van der Waals surface area contributed by atoms with E-state index in [4.69, 9.17) is 0 Å². The molecular weight excluding hydrogens is 302 g/mol. The Bertz CT molecular complexity index is 514. The lowest BCUT2D eigenvalue weighted by molar-refractivity contribution is -0.131. The number of rotatable bonds is 8. The van der Waals surface area contributed by atoms with Gasteiger partial charge in [0.2, 0.25) is 5.91 Å². The van der Waals surface area contributed by atoms with E-state index in [0.717, 1.165) is 18.7 Å². The molecule has 2 nitrogen and oxygen atoms in total. The number of unbranched alkanes of at least 4 members (excludes halogenated alkanes) is 5. The Morgan fingerprint density at radius 2 is 1.91 bits per heavy atom. The van der Waals surface area contributed by atoms with E-state index in [1.807, 2.05) is 11.8 Å². The average Bonchev–Trinajstić information content (AvgIpc) is 3.00. The standard InChI is InChI=1S/C20H31NOS/c1-4-5-6-7-8-9-10-19(22)21-13-14-23-20(21)18-12-11-16(2)15-17(18)3/h11-12,15,20H,4-10,13-14H2,1-3H3/t20-/m0/s1. The highest BCUT2D eigenvalue weighted by Crippen LogP contribution is 2.39. The van der Waals surface area contributed by atoms with E-state index < -0.39 is 0 Å². The van der Waals surface area contributed by atoms with E-state index >= 15 is 0 Å². The van der Waals surface area contributed by atoms with Crippen LogP contribution in [0.15, 0.2) is 18.2 Å². The van der Waals surface area contributed by atoms with Crippen LogP contribution < -0.4 is 0 Å². The molecule has 128 valence electrons. The molecule has 1 saturated heterocycles. The summed E-state index contributed by atoms with van der Waals surface area (Å²) >= 11 is 1.91. The Kier molecular flexibility index (Phi) is 7.48. The second-order valence-corrected chi connectivity index (χ2v) is 7.88. The summed E-state index contributed by atoms with van der Waals surface area (Å²) in [6, 6.07) is 6.60. The topological polar surface area (TPSA) is 20.3 Å². The maximum absolute atomic E-state index is 12.6. The Morgan fingerprint density at radius 1 is 1.17 bits per heavy atom. The fourth-order valence-corrected chi connectivity index (χ4v) is 4.66. The minimum Gasteiger partial charge on any atom is -0.326 e. The molecule has 1 heterocycles. The number of benzene rings is 1. The van der Waals surface area contributed by atoms with E-state index in [0.29, 0.717) is 12.3 Å².